The average Bonchev–Trinajstić information content (AvgIpc) is 3.02. The Bertz CT molecular complexity index is 762. The van der Waals surface area contributed by atoms with Crippen LogP contribution >= 0.6 is 0 Å². The monoisotopic (exact) mass is 327 g/mol. The first-order chi connectivity index (χ1) is 11.5. The third kappa shape index (κ3) is 3.40. The summed E-state index contributed by atoms with van der Waals surface area (Å²) in [6.07, 6.45) is 6.61. The molecule has 1 aromatic heterocycles. The van der Waals surface area contributed by atoms with Crippen LogP contribution in [0.1, 0.15) is 40.0 Å². The van der Waals surface area contributed by atoms with Crippen LogP contribution < -0.4 is 16.0 Å². The molecule has 1 saturated heterocycles. The van der Waals surface area contributed by atoms with E-state index in [1.807, 2.05) is 6.07 Å². The average molecular weight is 327 g/mol. The highest BCUT2D eigenvalue weighted by molar-refractivity contribution is 6.06. The molecule has 1 fully saturated rings. The Morgan fingerprint density at radius 3 is 2.54 bits per heavy atom. The predicted molar refractivity (Wildman–Crippen MR) is 92.2 cm³/mol. The molecule has 126 valence electrons. The maximum absolute atomic E-state index is 12.4. The second kappa shape index (κ2) is 6.74. The first-order valence-electron chi connectivity index (χ1n) is 8.03. The number of rotatable bonds is 4. The summed E-state index contributed by atoms with van der Waals surface area (Å²) in [6, 6.07) is 5.19. The Morgan fingerprint density at radius 1 is 1.17 bits per heavy atom. The van der Waals surface area contributed by atoms with Gasteiger partial charge >= 0.3 is 0 Å². The summed E-state index contributed by atoms with van der Waals surface area (Å²) in [5.41, 5.74) is 7.73. The van der Waals surface area contributed by atoms with Crippen LogP contribution in [0.5, 0.6) is 0 Å². The first kappa shape index (κ1) is 16.0. The van der Waals surface area contributed by atoms with E-state index in [2.05, 4.69) is 15.3 Å². The topological polar surface area (TPSA) is 93.2 Å². The van der Waals surface area contributed by atoms with E-state index in [1.54, 1.807) is 30.1 Å². The summed E-state index contributed by atoms with van der Waals surface area (Å²) in [4.78, 5) is 26.2. The van der Waals surface area contributed by atoms with Gasteiger partial charge in [-0.25, -0.2) is 0 Å². The van der Waals surface area contributed by atoms with Gasteiger partial charge in [0.2, 0.25) is 5.91 Å². The maximum Gasteiger partial charge on any atom is 0.258 e. The Morgan fingerprint density at radius 2 is 1.92 bits per heavy atom. The molecule has 7 nitrogen and oxygen atoms in total. The van der Waals surface area contributed by atoms with Crippen molar-refractivity contribution in [1.29, 1.82) is 0 Å². The minimum Gasteiger partial charge on any atom is -0.370 e. The fourth-order valence-corrected chi connectivity index (χ4v) is 2.93. The number of piperidine rings is 1. The molecule has 24 heavy (non-hydrogen) atoms. The number of nitrogens with one attached hydrogen (secondary N) is 1. The summed E-state index contributed by atoms with van der Waals surface area (Å²) in [5, 5.41) is 6.90. The third-order valence-corrected chi connectivity index (χ3v) is 4.19. The molecular weight excluding hydrogens is 306 g/mol. The SMILES string of the molecule is Cn1cc(C(=O)Nc2cc(C(N)=O)ccc2N2CCCCC2)cn1. The molecule has 0 spiro atoms. The molecule has 1 aromatic carbocycles. The van der Waals surface area contributed by atoms with Gasteiger partial charge in [0.15, 0.2) is 0 Å². The fraction of sp³-hybridized carbons (Fsp3) is 0.353. The van der Waals surface area contributed by atoms with Gasteiger partial charge in [-0.15, -0.1) is 0 Å². The second-order valence-electron chi connectivity index (χ2n) is 6.00. The number of aryl methyl sites for hydroxylation is 1. The first-order valence-corrected chi connectivity index (χ1v) is 8.03. The van der Waals surface area contributed by atoms with Gasteiger partial charge in [0.05, 0.1) is 23.1 Å². The van der Waals surface area contributed by atoms with Crippen molar-refractivity contribution in [1.82, 2.24) is 9.78 Å². The summed E-state index contributed by atoms with van der Waals surface area (Å²) >= 11 is 0. The molecule has 1 aliphatic heterocycles. The van der Waals surface area contributed by atoms with Crippen molar-refractivity contribution in [2.75, 3.05) is 23.3 Å². The Balaban J connectivity index is 1.91. The predicted octanol–water partition coefficient (Wildman–Crippen LogP) is 1.76. The summed E-state index contributed by atoms with van der Waals surface area (Å²) in [6.45, 7) is 1.87. The van der Waals surface area contributed by atoms with Crippen LogP contribution in [0.15, 0.2) is 30.6 Å². The zero-order chi connectivity index (χ0) is 17.1. The van der Waals surface area contributed by atoms with E-state index in [0.29, 0.717) is 16.8 Å². The highest BCUT2D eigenvalue weighted by Gasteiger charge is 2.18. The van der Waals surface area contributed by atoms with Gasteiger partial charge in [0.25, 0.3) is 5.91 Å². The number of carbonyl (C=O) groups is 2. The van der Waals surface area contributed by atoms with Crippen molar-refractivity contribution in [2.45, 2.75) is 19.3 Å². The molecule has 3 rings (SSSR count). The molecule has 0 bridgehead atoms. The molecule has 0 saturated carbocycles. The van der Waals surface area contributed by atoms with Crippen molar-refractivity contribution in [3.8, 4) is 0 Å². The van der Waals surface area contributed by atoms with E-state index >= 15 is 0 Å². The normalized spacial score (nSPS) is 14.5. The van der Waals surface area contributed by atoms with Gasteiger partial charge < -0.3 is 16.0 Å². The van der Waals surface area contributed by atoms with Crippen LogP contribution in [0.4, 0.5) is 11.4 Å². The number of hydrogen-bond donors (Lipinski definition) is 2. The zero-order valence-corrected chi connectivity index (χ0v) is 13.7. The van der Waals surface area contributed by atoms with Crippen LogP contribution in [-0.4, -0.2) is 34.7 Å². The number of nitrogens with zero attached hydrogens (tertiary/aromatic N) is 3. The molecule has 0 unspecified atom stereocenters. The number of benzene rings is 1. The molecule has 0 atom stereocenters. The lowest BCUT2D eigenvalue weighted by Crippen LogP contribution is -2.30. The van der Waals surface area contributed by atoms with Gasteiger partial charge in [-0.2, -0.15) is 5.10 Å². The highest BCUT2D eigenvalue weighted by Crippen LogP contribution is 2.30. The number of aromatic nitrogens is 2. The van der Waals surface area contributed by atoms with Crippen molar-refractivity contribution in [3.63, 3.8) is 0 Å². The number of anilines is 2. The maximum atomic E-state index is 12.4. The summed E-state index contributed by atoms with van der Waals surface area (Å²) in [7, 11) is 1.75. The molecular formula is C17H21N5O2. The zero-order valence-electron chi connectivity index (χ0n) is 13.7. The minimum atomic E-state index is -0.517. The van der Waals surface area contributed by atoms with Crippen LogP contribution in [0.2, 0.25) is 0 Å². The quantitative estimate of drug-likeness (QED) is 0.895. The lowest BCUT2D eigenvalue weighted by Gasteiger charge is -2.30. The number of hydrogen-bond acceptors (Lipinski definition) is 4. The van der Waals surface area contributed by atoms with Crippen molar-refractivity contribution in [2.24, 2.45) is 12.8 Å². The number of carbonyl (C=O) groups excluding carboxylic acids is 2. The van der Waals surface area contributed by atoms with Gasteiger partial charge in [0, 0.05) is 31.9 Å². The van der Waals surface area contributed by atoms with E-state index in [0.717, 1.165) is 31.6 Å². The number of primary amides is 1. The Labute approximate surface area is 140 Å². The van der Waals surface area contributed by atoms with E-state index in [-0.39, 0.29) is 5.91 Å². The van der Waals surface area contributed by atoms with E-state index in [4.69, 9.17) is 5.73 Å². The number of nitrogens with two attached hydrogens (primary N) is 1. The lowest BCUT2D eigenvalue weighted by atomic mass is 10.1. The van der Waals surface area contributed by atoms with Gasteiger partial charge in [-0.05, 0) is 37.5 Å². The van der Waals surface area contributed by atoms with Crippen LogP contribution in [-0.2, 0) is 7.05 Å². The summed E-state index contributed by atoms with van der Waals surface area (Å²) < 4.78 is 1.57. The minimum absolute atomic E-state index is 0.261. The van der Waals surface area contributed by atoms with Crippen LogP contribution in [0, 0.1) is 0 Å². The highest BCUT2D eigenvalue weighted by atomic mass is 16.2. The lowest BCUT2D eigenvalue weighted by molar-refractivity contribution is 0.0996. The fourth-order valence-electron chi connectivity index (χ4n) is 2.93. The Hall–Kier alpha value is -2.83. The van der Waals surface area contributed by atoms with E-state index < -0.39 is 5.91 Å². The smallest absolute Gasteiger partial charge is 0.258 e. The molecule has 7 heteroatoms. The second-order valence-corrected chi connectivity index (χ2v) is 6.00. The number of amides is 2. The summed E-state index contributed by atoms with van der Waals surface area (Å²) in [5.74, 6) is -0.778. The molecule has 2 amide bonds. The molecule has 0 radical (unpaired) electrons. The van der Waals surface area contributed by atoms with Gasteiger partial charge in [-0.1, -0.05) is 0 Å². The molecule has 0 aliphatic carbocycles. The van der Waals surface area contributed by atoms with Crippen molar-refractivity contribution >= 4 is 23.2 Å². The molecule has 2 aromatic rings. The van der Waals surface area contributed by atoms with Crippen molar-refractivity contribution in [3.05, 3.63) is 41.7 Å². The molecule has 3 N–H and O–H groups in total. The van der Waals surface area contributed by atoms with Gasteiger partial charge in [-0.3, -0.25) is 14.3 Å². The van der Waals surface area contributed by atoms with Crippen LogP contribution in [0.3, 0.4) is 0 Å². The molecule has 1 aliphatic rings. The van der Waals surface area contributed by atoms with E-state index in [1.165, 1.54) is 12.6 Å². The van der Waals surface area contributed by atoms with Crippen molar-refractivity contribution < 1.29 is 9.59 Å². The standard InChI is InChI=1S/C17H21N5O2/c1-21-11-13(10-19-21)17(24)20-14-9-12(16(18)23)5-6-15(14)22-7-3-2-4-8-22/h5-6,9-11H,2-4,7-8H2,1H3,(H2,18,23)(H,20,24). The van der Waals surface area contributed by atoms with Crippen LogP contribution in [0.25, 0.3) is 0 Å². The third-order valence-electron chi connectivity index (χ3n) is 4.19. The van der Waals surface area contributed by atoms with Gasteiger partial charge in [0.1, 0.15) is 0 Å². The van der Waals surface area contributed by atoms with E-state index in [9.17, 15) is 9.59 Å². The largest absolute Gasteiger partial charge is 0.370 e. The Kier molecular flexibility index (Phi) is 4.50. The molecule has 2 heterocycles.